The Balaban J connectivity index is 0.000000192. The quantitative estimate of drug-likeness (QED) is 0.0212. The lowest BCUT2D eigenvalue weighted by Crippen LogP contribution is -2.52. The van der Waals surface area contributed by atoms with Crippen molar-refractivity contribution in [2.24, 2.45) is 17.8 Å². The third-order valence-corrected chi connectivity index (χ3v) is 26.0. The van der Waals surface area contributed by atoms with Crippen LogP contribution in [0.25, 0.3) is 22.4 Å². The lowest BCUT2D eigenvalue weighted by molar-refractivity contribution is -0.139. The summed E-state index contributed by atoms with van der Waals surface area (Å²) in [5.41, 5.74) is 16.4. The summed E-state index contributed by atoms with van der Waals surface area (Å²) < 4.78 is 4.33. The van der Waals surface area contributed by atoms with Gasteiger partial charge in [-0.05, 0) is 291 Å². The highest BCUT2D eigenvalue weighted by molar-refractivity contribution is 6.03. The molecule has 0 radical (unpaired) electrons. The Kier molecular flexibility index (Phi) is 39.7. The van der Waals surface area contributed by atoms with Gasteiger partial charge in [0.05, 0.1) is 66.5 Å². The van der Waals surface area contributed by atoms with Gasteiger partial charge in [-0.2, -0.15) is 0 Å². The predicted molar refractivity (Wildman–Crippen MR) is 549 cm³/mol. The van der Waals surface area contributed by atoms with E-state index in [4.69, 9.17) is 0 Å². The Hall–Kier alpha value is -13.7. The van der Waals surface area contributed by atoms with E-state index in [1.165, 1.54) is 45.6 Å². The van der Waals surface area contributed by atoms with Crippen molar-refractivity contribution < 1.29 is 53.4 Å². The molecule has 10 aromatic rings. The summed E-state index contributed by atoms with van der Waals surface area (Å²) in [5.74, 6) is -2.86. The highest BCUT2D eigenvalue weighted by Gasteiger charge is 2.38. The van der Waals surface area contributed by atoms with E-state index in [1.807, 2.05) is 180 Å². The van der Waals surface area contributed by atoms with Crippen LogP contribution in [0.4, 0.5) is 17.1 Å². The maximum Gasteiger partial charge on any atom is 0.305 e. The van der Waals surface area contributed by atoms with Gasteiger partial charge >= 0.3 is 11.9 Å². The number of aryl methyl sites for hydroxylation is 8. The van der Waals surface area contributed by atoms with Crippen LogP contribution in [-0.2, 0) is 49.6 Å². The number of nitrogens with zero attached hydrogens (tertiary/aromatic N) is 10. The molecule has 0 spiro atoms. The number of Topliss-reactive ketones (excluding diaryl/α,β-unsaturated/α-hetero) is 2. The number of pyridine rings is 7. The molecule has 140 heavy (non-hydrogen) atoms. The number of carbonyl (C=O) groups is 9. The zero-order valence-electron chi connectivity index (χ0n) is 84.6. The van der Waals surface area contributed by atoms with Crippen LogP contribution >= 0.6 is 0 Å². The van der Waals surface area contributed by atoms with Crippen molar-refractivity contribution in [2.45, 2.75) is 294 Å². The number of carbonyl (C=O) groups excluding carboxylic acids is 7. The largest absolute Gasteiger partial charge is 0.481 e. The van der Waals surface area contributed by atoms with E-state index in [9.17, 15) is 67.7 Å². The number of benzene rings is 3. The predicted octanol–water partition coefficient (Wildman–Crippen LogP) is 18.6. The second kappa shape index (κ2) is 51.3. The van der Waals surface area contributed by atoms with Crippen LogP contribution < -0.4 is 52.6 Å². The number of carboxylic acid groups (broad SMARTS) is 2. The Morgan fingerprint density at radius 1 is 0.421 bits per heavy atom. The van der Waals surface area contributed by atoms with Gasteiger partial charge in [-0.25, -0.2) is 0 Å². The number of hydrogen-bond donors (Lipinski definition) is 6. The summed E-state index contributed by atoms with van der Waals surface area (Å²) in [6.07, 6.45) is 27.5. The number of rotatable bonds is 36. The lowest BCUT2D eigenvalue weighted by atomic mass is 9.94. The van der Waals surface area contributed by atoms with Crippen molar-refractivity contribution in [1.82, 2.24) is 54.9 Å². The van der Waals surface area contributed by atoms with E-state index in [-0.39, 0.29) is 95.3 Å². The van der Waals surface area contributed by atoms with Gasteiger partial charge in [0.2, 0.25) is 29.5 Å². The van der Waals surface area contributed by atoms with E-state index in [0.717, 1.165) is 134 Å². The second-order valence-electron chi connectivity index (χ2n) is 39.3. The fourth-order valence-corrected chi connectivity index (χ4v) is 19.0. The number of amides is 5. The number of carboxylic acids is 2. The van der Waals surface area contributed by atoms with E-state index in [0.29, 0.717) is 68.2 Å². The Labute approximate surface area is 823 Å². The van der Waals surface area contributed by atoms with Crippen LogP contribution in [0.5, 0.6) is 0 Å². The molecular formula is C112H142N14O14. The van der Waals surface area contributed by atoms with Crippen molar-refractivity contribution in [3.63, 3.8) is 0 Å². The van der Waals surface area contributed by atoms with Crippen molar-refractivity contribution in [3.8, 4) is 22.4 Å². The average Bonchev–Trinajstić information content (AvgIpc) is 0.776. The fraction of sp³-hybridized carbons (Fsp3) is 0.446. The summed E-state index contributed by atoms with van der Waals surface area (Å²) in [6, 6.07) is 34.8. The topological polar surface area (TPSA) is 369 Å². The van der Waals surface area contributed by atoms with Crippen molar-refractivity contribution in [3.05, 3.63) is 287 Å². The summed E-state index contributed by atoms with van der Waals surface area (Å²) in [6.45, 7) is 37.1. The van der Waals surface area contributed by atoms with Crippen molar-refractivity contribution in [2.75, 3.05) is 27.8 Å². The molecule has 10 atom stereocenters. The third kappa shape index (κ3) is 30.2. The summed E-state index contributed by atoms with van der Waals surface area (Å²) in [4.78, 5) is 177. The minimum atomic E-state index is -1.04. The molecule has 28 heteroatoms. The lowest BCUT2D eigenvalue weighted by Gasteiger charge is -2.37. The van der Waals surface area contributed by atoms with Crippen LogP contribution in [0.3, 0.4) is 0 Å². The monoisotopic (exact) mass is 1910 g/mol. The van der Waals surface area contributed by atoms with Gasteiger partial charge in [-0.1, -0.05) is 109 Å². The van der Waals surface area contributed by atoms with E-state index in [1.54, 1.807) is 85.7 Å². The molecule has 13 rings (SSSR count). The molecule has 6 N–H and O–H groups in total. The number of aromatic nitrogens is 7. The van der Waals surface area contributed by atoms with Crippen molar-refractivity contribution >= 4 is 70.1 Å². The van der Waals surface area contributed by atoms with Gasteiger partial charge < -0.3 is 55.0 Å². The fourth-order valence-electron chi connectivity index (χ4n) is 19.0. The number of ketones is 2. The minimum Gasteiger partial charge on any atom is -0.481 e. The average molecular weight is 1910 g/mol. The Morgan fingerprint density at radius 2 is 0.814 bits per heavy atom. The maximum absolute atomic E-state index is 13.9. The Bertz CT molecular complexity index is 6160. The van der Waals surface area contributed by atoms with Gasteiger partial charge in [0.25, 0.3) is 16.7 Å². The first-order valence-corrected chi connectivity index (χ1v) is 49.2. The molecule has 2 saturated heterocycles. The number of anilines is 3. The van der Waals surface area contributed by atoms with Crippen LogP contribution in [0.1, 0.15) is 288 Å². The van der Waals surface area contributed by atoms with Crippen LogP contribution in [0.15, 0.2) is 204 Å². The summed E-state index contributed by atoms with van der Waals surface area (Å²) in [5, 5.41) is 31.1. The third-order valence-electron chi connectivity index (χ3n) is 26.0. The number of aliphatic carboxylic acids is 2. The zero-order valence-corrected chi connectivity index (χ0v) is 84.6. The molecule has 5 amide bonds. The molecule has 744 valence electrons. The first-order chi connectivity index (χ1) is 66.7. The van der Waals surface area contributed by atoms with Crippen LogP contribution in [0, 0.1) is 66.2 Å². The van der Waals surface area contributed by atoms with Gasteiger partial charge in [-0.15, -0.1) is 0 Å². The molecule has 0 aliphatic carbocycles. The van der Waals surface area contributed by atoms with Gasteiger partial charge in [-0.3, -0.25) is 82.4 Å². The Morgan fingerprint density at radius 3 is 1.24 bits per heavy atom. The summed E-state index contributed by atoms with van der Waals surface area (Å²) >= 11 is 0. The number of fused-ring (bicyclic) bond motifs is 1. The molecule has 0 saturated carbocycles. The minimum absolute atomic E-state index is 0.0122. The van der Waals surface area contributed by atoms with Gasteiger partial charge in [0, 0.05) is 129 Å². The van der Waals surface area contributed by atoms with Gasteiger partial charge in [0.1, 0.15) is 35.7 Å². The molecule has 2 fully saturated rings. The highest BCUT2D eigenvalue weighted by atomic mass is 16.4. The normalized spacial score (nSPS) is 15.8. The number of hydrogen-bond acceptors (Lipinski definition) is 18. The number of piperidine rings is 2. The molecule has 1 unspecified atom stereocenters. The second-order valence-corrected chi connectivity index (χ2v) is 39.3. The van der Waals surface area contributed by atoms with Crippen LogP contribution in [0.2, 0.25) is 0 Å². The first-order valence-electron chi connectivity index (χ1n) is 49.2. The SMILES string of the molecule is CC(=O)C[C@@H](NC(=O)[C@@H](CC(C)C)n1ccc(C)cc1=O)c1cncc(N2CCCC[C@@H]2C)c1.CC(=O)C[C@H](NC(=O)C(CC(C)C)N1C(=O)CCc2ccccc21)c1cncc(N2CCCC[C@@H]2C)c1.CCC[C@H](C(=O)N[C@@H](CC(=O)O)c1cncc(-c2c(C)cccc2C)c1)n1ccc(C)cc1=O.Cc1ccn([C@@H](CC(C)C)C(=O)N[C@H](CC(=O)O)c2ccnc(-c3c(C)cccc3C)c2)c(=O)c1. The van der Waals surface area contributed by atoms with Gasteiger partial charge in [0.15, 0.2) is 0 Å². The summed E-state index contributed by atoms with van der Waals surface area (Å²) in [7, 11) is 0. The number of nitrogens with one attached hydrogen (secondary N) is 4. The molecule has 3 aromatic carbocycles. The molecule has 7 aromatic heterocycles. The molecule has 10 heterocycles. The number of para-hydroxylation sites is 1. The molecule has 0 bridgehead atoms. The van der Waals surface area contributed by atoms with E-state index in [2.05, 4.69) is 84.8 Å². The maximum atomic E-state index is 13.9. The molecular weight excluding hydrogens is 1770 g/mol. The smallest absolute Gasteiger partial charge is 0.305 e. The standard InChI is InChI=1S/C30H40N4O3.C28H33N3O4.C27H38N4O3.C27H31N3O4/c1-20(2)15-28(34-27-11-6-5-10-23(27)12-13-29(34)36)30(37)32-26(16-22(4)35)24-17-25(19-31-18-24)33-14-8-7-9-21(33)3;1-17(2)13-24(31-12-10-18(3)14-25(31)32)28(35)30-22(16-26(33)34)21-9-11-29-23(15-21)27-19(4)7-6-8-20(27)5;1-18(2)12-25(31-11-9-19(3)13-26(31)33)27(34)29-24(14-21(5)32)22-15-23(17-28-16-22)30-10-7-6-8-20(30)4;1-5-7-23(30-11-10-17(2)12-24(30)31)27(34)29-22(14-25(32)33)20-13-21(16-28-15-20)26-18(3)8-6-9-19(26)4/h5-6,10-11,17-21,26,28H,7-9,12-16H2,1-4H3,(H,32,37);6-12,14-15,17,22,24H,13,16H2,1-5H3,(H,30,35)(H,33,34);9,11,13,15-18,20,24-25H,6-8,10,12,14H2,1-5H3,(H,29,34);6,8-13,15-16,22-23H,5,7,14H2,1-4H3,(H,29,34)(H,32,33)/t21-,26-,28?;22-,24+;20-,24+,25+;22-,23+/m0100/s1. The highest BCUT2D eigenvalue weighted by Crippen LogP contribution is 2.37. The zero-order chi connectivity index (χ0) is 102. The van der Waals surface area contributed by atoms with E-state index >= 15 is 0 Å². The molecule has 3 aliphatic heterocycles. The van der Waals surface area contributed by atoms with E-state index < -0.39 is 66.2 Å². The van der Waals surface area contributed by atoms with Crippen molar-refractivity contribution in [1.29, 1.82) is 0 Å². The van der Waals surface area contributed by atoms with Crippen LogP contribution in [-0.4, -0.2) is 128 Å². The first kappa shape index (κ1) is 108. The molecule has 28 nitrogen and oxygen atoms in total. The molecule has 3 aliphatic rings.